The third kappa shape index (κ3) is 3.13. The lowest BCUT2D eigenvalue weighted by Gasteiger charge is -2.10. The third-order valence-corrected chi connectivity index (χ3v) is 4.07. The fourth-order valence-electron chi connectivity index (χ4n) is 2.83. The molecule has 0 bridgehead atoms. The predicted molar refractivity (Wildman–Crippen MR) is 103 cm³/mol. The van der Waals surface area contributed by atoms with Crippen LogP contribution in [0.3, 0.4) is 0 Å². The molecule has 4 rings (SSSR count). The molecule has 9 heteroatoms. The summed E-state index contributed by atoms with van der Waals surface area (Å²) in [5.74, 6) is 0.0714. The maximum Gasteiger partial charge on any atom is 0.334 e. The van der Waals surface area contributed by atoms with Gasteiger partial charge in [-0.2, -0.15) is 5.10 Å². The number of aryl methyl sites for hydroxylation is 1. The number of benzene rings is 1. The summed E-state index contributed by atoms with van der Waals surface area (Å²) in [4.78, 5) is 19.7. The van der Waals surface area contributed by atoms with Gasteiger partial charge in [-0.3, -0.25) is 19.8 Å². The molecule has 4 aromatic rings. The molecule has 0 spiro atoms. The third-order valence-electron chi connectivity index (χ3n) is 4.07. The number of nitrogen functional groups attached to an aromatic ring is 1. The molecular formula is C18H15N7O2. The molecule has 0 unspecified atom stereocenters. The van der Waals surface area contributed by atoms with Crippen LogP contribution < -0.4 is 11.1 Å². The van der Waals surface area contributed by atoms with Crippen LogP contribution in [0, 0.1) is 10.1 Å². The molecule has 3 heterocycles. The highest BCUT2D eigenvalue weighted by atomic mass is 16.6. The minimum atomic E-state index is -0.541. The normalized spacial score (nSPS) is 10.9. The molecule has 0 saturated heterocycles. The Bertz CT molecular complexity index is 1170. The van der Waals surface area contributed by atoms with Crippen LogP contribution >= 0.6 is 0 Å². The summed E-state index contributed by atoms with van der Waals surface area (Å²) in [6.45, 7) is 0. The Labute approximate surface area is 153 Å². The second kappa shape index (κ2) is 6.37. The van der Waals surface area contributed by atoms with Crippen LogP contribution in [0.2, 0.25) is 0 Å². The minimum absolute atomic E-state index is 0.0267. The van der Waals surface area contributed by atoms with E-state index in [1.54, 1.807) is 36.4 Å². The van der Waals surface area contributed by atoms with Crippen LogP contribution in [-0.4, -0.2) is 24.7 Å². The van der Waals surface area contributed by atoms with Gasteiger partial charge in [-0.25, -0.2) is 4.98 Å². The number of hydrogen-bond acceptors (Lipinski definition) is 7. The summed E-state index contributed by atoms with van der Waals surface area (Å²) >= 11 is 0. The van der Waals surface area contributed by atoms with Crippen molar-refractivity contribution >= 4 is 33.8 Å². The maximum atomic E-state index is 11.5. The monoisotopic (exact) mass is 361 g/mol. The Hall–Kier alpha value is -4.01. The number of rotatable bonds is 4. The summed E-state index contributed by atoms with van der Waals surface area (Å²) in [6.07, 6.45) is 5.10. The average Bonchev–Trinajstić information content (AvgIpc) is 3.07. The summed E-state index contributed by atoms with van der Waals surface area (Å²) in [5.41, 5.74) is 8.39. The highest BCUT2D eigenvalue weighted by Gasteiger charge is 2.22. The van der Waals surface area contributed by atoms with Crippen molar-refractivity contribution in [1.82, 2.24) is 19.7 Å². The van der Waals surface area contributed by atoms with Crippen molar-refractivity contribution in [3.8, 4) is 11.3 Å². The lowest BCUT2D eigenvalue weighted by Crippen LogP contribution is -2.04. The molecule has 9 nitrogen and oxygen atoms in total. The Morgan fingerprint density at radius 3 is 2.85 bits per heavy atom. The number of anilines is 3. The first-order chi connectivity index (χ1) is 13.0. The second-order valence-electron chi connectivity index (χ2n) is 5.99. The highest BCUT2D eigenvalue weighted by molar-refractivity contribution is 5.85. The van der Waals surface area contributed by atoms with E-state index in [0.717, 1.165) is 10.9 Å². The van der Waals surface area contributed by atoms with Gasteiger partial charge in [0.15, 0.2) is 0 Å². The Kier molecular flexibility index (Phi) is 3.88. The number of fused-ring (bicyclic) bond motifs is 1. The molecule has 0 atom stereocenters. The molecule has 27 heavy (non-hydrogen) atoms. The van der Waals surface area contributed by atoms with Gasteiger partial charge in [0.25, 0.3) is 0 Å². The Morgan fingerprint density at radius 2 is 2.11 bits per heavy atom. The van der Waals surface area contributed by atoms with Crippen molar-refractivity contribution in [2.24, 2.45) is 7.05 Å². The number of pyridine rings is 2. The van der Waals surface area contributed by atoms with Gasteiger partial charge >= 0.3 is 5.69 Å². The van der Waals surface area contributed by atoms with E-state index in [9.17, 15) is 10.1 Å². The molecule has 0 fully saturated rings. The Morgan fingerprint density at radius 1 is 1.26 bits per heavy atom. The highest BCUT2D eigenvalue weighted by Crippen LogP contribution is 2.35. The molecule has 0 aliphatic carbocycles. The molecule has 1 aromatic carbocycles. The molecule has 0 aliphatic rings. The van der Waals surface area contributed by atoms with Crippen molar-refractivity contribution in [2.45, 2.75) is 0 Å². The van der Waals surface area contributed by atoms with Crippen LogP contribution in [-0.2, 0) is 7.05 Å². The topological polar surface area (TPSA) is 125 Å². The Balaban J connectivity index is 1.81. The number of hydrogen-bond donors (Lipinski definition) is 2. The largest absolute Gasteiger partial charge is 0.393 e. The van der Waals surface area contributed by atoms with Crippen molar-refractivity contribution < 1.29 is 4.92 Å². The van der Waals surface area contributed by atoms with Crippen LogP contribution in [0.1, 0.15) is 0 Å². The quantitative estimate of drug-likeness (QED) is 0.422. The van der Waals surface area contributed by atoms with Gasteiger partial charge < -0.3 is 11.1 Å². The smallest absolute Gasteiger partial charge is 0.334 e. The van der Waals surface area contributed by atoms with E-state index in [1.807, 2.05) is 24.3 Å². The maximum absolute atomic E-state index is 11.5. The van der Waals surface area contributed by atoms with E-state index in [1.165, 1.54) is 6.07 Å². The molecule has 0 amide bonds. The fraction of sp³-hybridized carbons (Fsp3) is 0.0556. The van der Waals surface area contributed by atoms with E-state index in [0.29, 0.717) is 16.9 Å². The van der Waals surface area contributed by atoms with Crippen molar-refractivity contribution in [1.29, 1.82) is 0 Å². The molecular weight excluding hydrogens is 346 g/mol. The van der Waals surface area contributed by atoms with E-state index >= 15 is 0 Å². The van der Waals surface area contributed by atoms with E-state index < -0.39 is 4.92 Å². The minimum Gasteiger partial charge on any atom is -0.393 e. The van der Waals surface area contributed by atoms with Crippen molar-refractivity contribution in [3.63, 3.8) is 0 Å². The zero-order valence-electron chi connectivity index (χ0n) is 14.3. The lowest BCUT2D eigenvalue weighted by molar-refractivity contribution is -0.383. The molecule has 3 aromatic heterocycles. The lowest BCUT2D eigenvalue weighted by atomic mass is 10.2. The SMILES string of the molecule is Cn1cc(-c2cc(N)c([N+](=O)[O-])c(Nc3ccc4ncccc4c3)n2)cn1. The first-order valence-electron chi connectivity index (χ1n) is 8.07. The summed E-state index contributed by atoms with van der Waals surface area (Å²) < 4.78 is 1.62. The molecule has 3 N–H and O–H groups in total. The molecule has 134 valence electrons. The predicted octanol–water partition coefficient (Wildman–Crippen LogP) is 3.26. The van der Waals surface area contributed by atoms with E-state index in [2.05, 4.69) is 20.4 Å². The van der Waals surface area contributed by atoms with Gasteiger partial charge in [0.05, 0.1) is 22.3 Å². The first kappa shape index (κ1) is 16.5. The molecule has 0 aliphatic heterocycles. The number of nitro groups is 1. The molecule has 0 radical (unpaired) electrons. The van der Waals surface area contributed by atoms with Crippen LogP contribution in [0.25, 0.3) is 22.2 Å². The standard InChI is InChI=1S/C18H15N7O2/c1-24-10-12(9-21-24)16-8-14(19)17(25(26)27)18(23-16)22-13-4-5-15-11(7-13)3-2-6-20-15/h2-10H,1H3,(H3,19,22,23). The second-order valence-corrected chi connectivity index (χ2v) is 5.99. The van der Waals surface area contributed by atoms with Gasteiger partial charge in [0, 0.05) is 36.1 Å². The zero-order valence-corrected chi connectivity index (χ0v) is 14.3. The number of aromatic nitrogens is 4. The van der Waals surface area contributed by atoms with E-state index in [-0.39, 0.29) is 17.2 Å². The summed E-state index contributed by atoms with van der Waals surface area (Å²) in [6, 6.07) is 10.7. The molecule has 0 saturated carbocycles. The van der Waals surface area contributed by atoms with Gasteiger partial charge in [-0.05, 0) is 30.3 Å². The van der Waals surface area contributed by atoms with Crippen LogP contribution in [0.5, 0.6) is 0 Å². The van der Waals surface area contributed by atoms with Crippen LogP contribution in [0.15, 0.2) is 55.0 Å². The summed E-state index contributed by atoms with van der Waals surface area (Å²) in [5, 5.41) is 19.5. The summed E-state index contributed by atoms with van der Waals surface area (Å²) in [7, 11) is 1.78. The van der Waals surface area contributed by atoms with Crippen LogP contribution in [0.4, 0.5) is 22.9 Å². The number of nitrogens with two attached hydrogens (primary N) is 1. The van der Waals surface area contributed by atoms with Crippen molar-refractivity contribution in [2.75, 3.05) is 11.1 Å². The fourth-order valence-corrected chi connectivity index (χ4v) is 2.83. The van der Waals surface area contributed by atoms with Gasteiger partial charge in [0.1, 0.15) is 5.69 Å². The van der Waals surface area contributed by atoms with Gasteiger partial charge in [-0.15, -0.1) is 0 Å². The van der Waals surface area contributed by atoms with Gasteiger partial charge in [-0.1, -0.05) is 6.07 Å². The van der Waals surface area contributed by atoms with Gasteiger partial charge in [0.2, 0.25) is 5.82 Å². The zero-order chi connectivity index (χ0) is 19.0. The number of nitrogens with one attached hydrogen (secondary N) is 1. The first-order valence-corrected chi connectivity index (χ1v) is 8.07. The van der Waals surface area contributed by atoms with Crippen molar-refractivity contribution in [3.05, 3.63) is 65.1 Å². The number of nitrogens with zero attached hydrogens (tertiary/aromatic N) is 5. The average molecular weight is 361 g/mol. The van der Waals surface area contributed by atoms with E-state index in [4.69, 9.17) is 5.73 Å².